The van der Waals surface area contributed by atoms with Gasteiger partial charge in [0.25, 0.3) is 0 Å². The molecule has 0 bridgehead atoms. The predicted molar refractivity (Wildman–Crippen MR) is 68.0 cm³/mol. The third-order valence-electron chi connectivity index (χ3n) is 3.74. The molecule has 2 aromatic rings. The van der Waals surface area contributed by atoms with Gasteiger partial charge in [0.2, 0.25) is 0 Å². The molecular weight excluding hydrogens is 226 g/mol. The zero-order chi connectivity index (χ0) is 12.5. The van der Waals surface area contributed by atoms with Gasteiger partial charge >= 0.3 is 0 Å². The van der Waals surface area contributed by atoms with Crippen molar-refractivity contribution in [1.82, 2.24) is 14.8 Å². The Morgan fingerprint density at radius 3 is 3.00 bits per heavy atom. The second kappa shape index (κ2) is 4.53. The highest BCUT2D eigenvalue weighted by Crippen LogP contribution is 2.37. The molecule has 0 aliphatic heterocycles. The third kappa shape index (κ3) is 1.82. The summed E-state index contributed by atoms with van der Waals surface area (Å²) in [6, 6.07) is 8.13. The van der Waals surface area contributed by atoms with Crippen LogP contribution in [0.15, 0.2) is 30.6 Å². The molecule has 2 atom stereocenters. The van der Waals surface area contributed by atoms with E-state index in [-0.39, 0.29) is 12.0 Å². The molecule has 1 aliphatic rings. The Hall–Kier alpha value is -1.68. The molecule has 0 saturated carbocycles. The largest absolute Gasteiger partial charge is 0.388 e. The fraction of sp³-hybridized carbons (Fsp3) is 0.429. The molecular formula is C14H17N3O. The van der Waals surface area contributed by atoms with Gasteiger partial charge in [-0.15, -0.1) is 0 Å². The van der Waals surface area contributed by atoms with Gasteiger partial charge in [-0.25, -0.2) is 4.98 Å². The number of aryl methyl sites for hydroxylation is 1. The van der Waals surface area contributed by atoms with E-state index in [1.165, 1.54) is 5.56 Å². The van der Waals surface area contributed by atoms with E-state index in [0.717, 1.165) is 30.8 Å². The molecule has 1 aromatic carbocycles. The van der Waals surface area contributed by atoms with Crippen molar-refractivity contribution in [1.29, 1.82) is 0 Å². The van der Waals surface area contributed by atoms with E-state index in [9.17, 15) is 5.11 Å². The highest BCUT2D eigenvalue weighted by molar-refractivity contribution is 5.34. The highest BCUT2D eigenvalue weighted by atomic mass is 16.3. The molecule has 2 unspecified atom stereocenters. The monoisotopic (exact) mass is 243 g/mol. The quantitative estimate of drug-likeness (QED) is 0.893. The Morgan fingerprint density at radius 2 is 2.22 bits per heavy atom. The van der Waals surface area contributed by atoms with Crippen LogP contribution in [0, 0.1) is 5.92 Å². The fourth-order valence-corrected chi connectivity index (χ4v) is 2.79. The van der Waals surface area contributed by atoms with Crippen LogP contribution in [0.4, 0.5) is 0 Å². The average molecular weight is 243 g/mol. The minimum absolute atomic E-state index is 0.219. The molecule has 1 aromatic heterocycles. The first-order valence-electron chi connectivity index (χ1n) is 6.42. The van der Waals surface area contributed by atoms with Gasteiger partial charge in [-0.05, 0) is 24.5 Å². The first-order valence-corrected chi connectivity index (χ1v) is 6.42. The van der Waals surface area contributed by atoms with Crippen LogP contribution in [0.3, 0.4) is 0 Å². The lowest BCUT2D eigenvalue weighted by atomic mass is 9.99. The second-order valence-electron chi connectivity index (χ2n) is 4.80. The molecule has 0 fully saturated rings. The van der Waals surface area contributed by atoms with Gasteiger partial charge in [0.05, 0.1) is 6.10 Å². The zero-order valence-electron chi connectivity index (χ0n) is 10.5. The normalized spacial score (nSPS) is 22.1. The standard InChI is InChI=1S/C14H17N3O/c1-2-17-13(15-9-16-17)8-11-7-10-5-3-4-6-12(10)14(11)18/h3-6,9,11,14,18H,2,7-8H2,1H3. The number of aromatic nitrogens is 3. The van der Waals surface area contributed by atoms with E-state index in [4.69, 9.17) is 0 Å². The van der Waals surface area contributed by atoms with Crippen LogP contribution in [-0.2, 0) is 19.4 Å². The van der Waals surface area contributed by atoms with Gasteiger partial charge in [0, 0.05) is 18.9 Å². The first-order chi connectivity index (χ1) is 8.79. The van der Waals surface area contributed by atoms with Crippen LogP contribution in [0.5, 0.6) is 0 Å². The molecule has 1 aliphatic carbocycles. The van der Waals surface area contributed by atoms with Gasteiger partial charge < -0.3 is 5.11 Å². The molecule has 4 nitrogen and oxygen atoms in total. The van der Waals surface area contributed by atoms with Crippen molar-refractivity contribution in [3.63, 3.8) is 0 Å². The summed E-state index contributed by atoms with van der Waals surface area (Å²) < 4.78 is 1.90. The van der Waals surface area contributed by atoms with Gasteiger partial charge in [0.15, 0.2) is 0 Å². The summed E-state index contributed by atoms with van der Waals surface area (Å²) in [5.74, 6) is 1.19. The summed E-state index contributed by atoms with van der Waals surface area (Å²) in [4.78, 5) is 4.29. The fourth-order valence-electron chi connectivity index (χ4n) is 2.79. The molecule has 0 amide bonds. The van der Waals surface area contributed by atoms with Gasteiger partial charge in [-0.1, -0.05) is 24.3 Å². The van der Waals surface area contributed by atoms with Crippen molar-refractivity contribution < 1.29 is 5.11 Å². The van der Waals surface area contributed by atoms with Crippen molar-refractivity contribution in [3.05, 3.63) is 47.5 Å². The lowest BCUT2D eigenvalue weighted by Gasteiger charge is -2.14. The molecule has 1 N–H and O–H groups in total. The molecule has 18 heavy (non-hydrogen) atoms. The van der Waals surface area contributed by atoms with E-state index in [0.29, 0.717) is 0 Å². The molecule has 94 valence electrons. The van der Waals surface area contributed by atoms with Crippen molar-refractivity contribution in [2.45, 2.75) is 32.4 Å². The molecule has 0 saturated heterocycles. The van der Waals surface area contributed by atoms with E-state index < -0.39 is 0 Å². The Bertz CT molecular complexity index is 549. The van der Waals surface area contributed by atoms with Crippen molar-refractivity contribution >= 4 is 0 Å². The second-order valence-corrected chi connectivity index (χ2v) is 4.80. The number of nitrogens with zero attached hydrogens (tertiary/aromatic N) is 3. The number of hydrogen-bond donors (Lipinski definition) is 1. The van der Waals surface area contributed by atoms with Gasteiger partial charge in [-0.3, -0.25) is 4.68 Å². The Labute approximate surface area is 106 Å². The number of fused-ring (bicyclic) bond motifs is 1. The van der Waals surface area contributed by atoms with Crippen LogP contribution in [0.2, 0.25) is 0 Å². The Kier molecular flexibility index (Phi) is 2.88. The summed E-state index contributed by atoms with van der Waals surface area (Å²) in [5, 5.41) is 14.5. The number of benzene rings is 1. The van der Waals surface area contributed by atoms with Crippen LogP contribution >= 0.6 is 0 Å². The topological polar surface area (TPSA) is 50.9 Å². The number of aliphatic hydroxyl groups is 1. The molecule has 0 radical (unpaired) electrons. The molecule has 0 spiro atoms. The van der Waals surface area contributed by atoms with E-state index >= 15 is 0 Å². The summed E-state index contributed by atoms with van der Waals surface area (Å²) in [5.41, 5.74) is 2.34. The number of hydrogen-bond acceptors (Lipinski definition) is 3. The average Bonchev–Trinajstić information content (AvgIpc) is 2.96. The van der Waals surface area contributed by atoms with E-state index in [1.807, 2.05) is 22.9 Å². The zero-order valence-corrected chi connectivity index (χ0v) is 10.5. The maximum Gasteiger partial charge on any atom is 0.138 e. The van der Waals surface area contributed by atoms with Crippen LogP contribution in [0.25, 0.3) is 0 Å². The summed E-state index contributed by atoms with van der Waals surface area (Å²) in [6.45, 7) is 2.88. The van der Waals surface area contributed by atoms with Crippen LogP contribution in [-0.4, -0.2) is 19.9 Å². The summed E-state index contributed by atoms with van der Waals surface area (Å²) in [7, 11) is 0. The van der Waals surface area contributed by atoms with Crippen molar-refractivity contribution in [2.24, 2.45) is 5.92 Å². The van der Waals surface area contributed by atoms with E-state index in [2.05, 4.69) is 23.1 Å². The smallest absolute Gasteiger partial charge is 0.138 e. The lowest BCUT2D eigenvalue weighted by Crippen LogP contribution is -2.14. The minimum Gasteiger partial charge on any atom is -0.388 e. The molecule has 4 heteroatoms. The Balaban J connectivity index is 1.81. The number of rotatable bonds is 3. The summed E-state index contributed by atoms with van der Waals surface area (Å²) >= 11 is 0. The first kappa shape index (κ1) is 11.4. The predicted octanol–water partition coefficient (Wildman–Crippen LogP) is 1.75. The summed E-state index contributed by atoms with van der Waals surface area (Å²) in [6.07, 6.45) is 2.92. The van der Waals surface area contributed by atoms with Crippen LogP contribution < -0.4 is 0 Å². The molecule has 1 heterocycles. The maximum atomic E-state index is 10.3. The van der Waals surface area contributed by atoms with E-state index in [1.54, 1.807) is 6.33 Å². The van der Waals surface area contributed by atoms with Crippen LogP contribution in [0.1, 0.15) is 30.0 Å². The maximum absolute atomic E-state index is 10.3. The number of aliphatic hydroxyl groups excluding tert-OH is 1. The third-order valence-corrected chi connectivity index (χ3v) is 3.74. The Morgan fingerprint density at radius 1 is 1.39 bits per heavy atom. The highest BCUT2D eigenvalue weighted by Gasteiger charge is 2.31. The van der Waals surface area contributed by atoms with Gasteiger partial charge in [0.1, 0.15) is 12.2 Å². The van der Waals surface area contributed by atoms with Crippen molar-refractivity contribution in [3.8, 4) is 0 Å². The van der Waals surface area contributed by atoms with Gasteiger partial charge in [-0.2, -0.15) is 5.10 Å². The SMILES string of the molecule is CCn1ncnc1CC1Cc2ccccc2C1O. The molecule has 3 rings (SSSR count). The lowest BCUT2D eigenvalue weighted by molar-refractivity contribution is 0.121. The minimum atomic E-state index is -0.372. The van der Waals surface area contributed by atoms with Crippen molar-refractivity contribution in [2.75, 3.05) is 0 Å².